The minimum Gasteiger partial charge on any atom is -0.507 e. The van der Waals surface area contributed by atoms with Crippen LogP contribution in [0, 0.1) is 0 Å². The van der Waals surface area contributed by atoms with Gasteiger partial charge in [0.2, 0.25) is 0 Å². The number of hydrogen-bond acceptors (Lipinski definition) is 4. The Morgan fingerprint density at radius 1 is 1.21 bits per heavy atom. The van der Waals surface area contributed by atoms with Crippen LogP contribution in [0.25, 0.3) is 0 Å². The second kappa shape index (κ2) is 7.14. The monoisotopic (exact) mass is 265 g/mol. The summed E-state index contributed by atoms with van der Waals surface area (Å²) in [5.41, 5.74) is 0.211. The number of hydrogen-bond donors (Lipinski definition) is 1. The molecule has 0 saturated heterocycles. The van der Waals surface area contributed by atoms with Gasteiger partial charge < -0.3 is 9.84 Å². The molecule has 0 bridgehead atoms. The highest BCUT2D eigenvalue weighted by atomic mass is 16.5. The number of phenols is 1. The first-order chi connectivity index (χ1) is 8.93. The minimum absolute atomic E-state index is 0.0444. The van der Waals surface area contributed by atoms with E-state index in [-0.39, 0.29) is 11.3 Å². The molecule has 1 aromatic carbocycles. The van der Waals surface area contributed by atoms with Crippen molar-refractivity contribution in [2.75, 3.05) is 13.2 Å². The van der Waals surface area contributed by atoms with Gasteiger partial charge in [-0.25, -0.2) is 4.79 Å². The standard InChI is InChI=1S/C15H23NO3/c1-11(2)16(12(3)4)9-10-19-15(18)13-7-5-6-8-14(13)17/h5-8,11-12,17H,9-10H2,1-4H3. The zero-order chi connectivity index (χ0) is 14.4. The molecule has 106 valence electrons. The van der Waals surface area contributed by atoms with Gasteiger partial charge >= 0.3 is 5.97 Å². The summed E-state index contributed by atoms with van der Waals surface area (Å²) in [6.45, 7) is 9.48. The van der Waals surface area contributed by atoms with E-state index >= 15 is 0 Å². The molecule has 0 spiro atoms. The minimum atomic E-state index is -0.481. The van der Waals surface area contributed by atoms with Crippen molar-refractivity contribution in [3.05, 3.63) is 29.8 Å². The van der Waals surface area contributed by atoms with Crippen molar-refractivity contribution in [3.63, 3.8) is 0 Å². The van der Waals surface area contributed by atoms with Crippen LogP contribution in [0.4, 0.5) is 0 Å². The molecular weight excluding hydrogens is 242 g/mol. The number of rotatable bonds is 6. The van der Waals surface area contributed by atoms with Crippen LogP contribution in [-0.4, -0.2) is 41.2 Å². The number of esters is 1. The molecule has 0 amide bonds. The van der Waals surface area contributed by atoms with E-state index in [2.05, 4.69) is 32.6 Å². The van der Waals surface area contributed by atoms with Gasteiger partial charge in [0, 0.05) is 18.6 Å². The fraction of sp³-hybridized carbons (Fsp3) is 0.533. The van der Waals surface area contributed by atoms with Crippen molar-refractivity contribution in [2.45, 2.75) is 39.8 Å². The molecule has 1 N–H and O–H groups in total. The molecule has 1 rings (SSSR count). The predicted molar refractivity (Wildman–Crippen MR) is 75.4 cm³/mol. The first-order valence-corrected chi connectivity index (χ1v) is 6.64. The summed E-state index contributed by atoms with van der Waals surface area (Å²) < 4.78 is 5.20. The van der Waals surface area contributed by atoms with Crippen LogP contribution in [0.1, 0.15) is 38.1 Å². The number of aromatic hydroxyl groups is 1. The van der Waals surface area contributed by atoms with Crippen LogP contribution in [0.15, 0.2) is 24.3 Å². The molecule has 4 nitrogen and oxygen atoms in total. The lowest BCUT2D eigenvalue weighted by Gasteiger charge is -2.30. The smallest absolute Gasteiger partial charge is 0.341 e. The molecule has 0 atom stereocenters. The average molecular weight is 265 g/mol. The third-order valence-corrected chi connectivity index (χ3v) is 3.03. The Labute approximate surface area is 115 Å². The molecule has 19 heavy (non-hydrogen) atoms. The molecular formula is C15H23NO3. The maximum absolute atomic E-state index is 11.8. The van der Waals surface area contributed by atoms with Gasteiger partial charge in [0.25, 0.3) is 0 Å². The predicted octanol–water partition coefficient (Wildman–Crippen LogP) is 2.67. The maximum atomic E-state index is 11.8. The number of carbonyl (C=O) groups excluding carboxylic acids is 1. The van der Waals surface area contributed by atoms with Crippen LogP contribution >= 0.6 is 0 Å². The third kappa shape index (κ3) is 4.56. The summed E-state index contributed by atoms with van der Waals surface area (Å²) in [6.07, 6.45) is 0. The summed E-state index contributed by atoms with van der Waals surface area (Å²) >= 11 is 0. The van der Waals surface area contributed by atoms with Crippen molar-refractivity contribution in [2.24, 2.45) is 0 Å². The van der Waals surface area contributed by atoms with Crippen molar-refractivity contribution in [3.8, 4) is 5.75 Å². The van der Waals surface area contributed by atoms with E-state index in [4.69, 9.17) is 4.74 Å². The highest BCUT2D eigenvalue weighted by Crippen LogP contribution is 2.16. The van der Waals surface area contributed by atoms with Gasteiger partial charge in [0.1, 0.15) is 17.9 Å². The highest BCUT2D eigenvalue weighted by Gasteiger charge is 2.15. The highest BCUT2D eigenvalue weighted by molar-refractivity contribution is 5.92. The number of benzene rings is 1. The van der Waals surface area contributed by atoms with Gasteiger partial charge in [-0.3, -0.25) is 4.90 Å². The Morgan fingerprint density at radius 2 is 1.79 bits per heavy atom. The largest absolute Gasteiger partial charge is 0.507 e. The third-order valence-electron chi connectivity index (χ3n) is 3.03. The lowest BCUT2D eigenvalue weighted by molar-refractivity contribution is 0.0414. The second-order valence-corrected chi connectivity index (χ2v) is 5.08. The SMILES string of the molecule is CC(C)N(CCOC(=O)c1ccccc1O)C(C)C. The van der Waals surface area contributed by atoms with Crippen molar-refractivity contribution in [1.29, 1.82) is 0 Å². The fourth-order valence-corrected chi connectivity index (χ4v) is 2.08. The van der Waals surface area contributed by atoms with E-state index < -0.39 is 5.97 Å². The van der Waals surface area contributed by atoms with Crippen molar-refractivity contribution in [1.82, 2.24) is 4.90 Å². The summed E-state index contributed by atoms with van der Waals surface area (Å²) in [5, 5.41) is 9.55. The Bertz CT molecular complexity index is 408. The first kappa shape index (κ1) is 15.5. The lowest BCUT2D eigenvalue weighted by Crippen LogP contribution is -2.39. The van der Waals surface area contributed by atoms with Gasteiger partial charge in [0.15, 0.2) is 0 Å². The van der Waals surface area contributed by atoms with Gasteiger partial charge in [-0.05, 0) is 39.8 Å². The second-order valence-electron chi connectivity index (χ2n) is 5.08. The van der Waals surface area contributed by atoms with Crippen molar-refractivity contribution < 1.29 is 14.6 Å². The quantitative estimate of drug-likeness (QED) is 0.803. The maximum Gasteiger partial charge on any atom is 0.341 e. The number of nitrogens with zero attached hydrogens (tertiary/aromatic N) is 1. The van der Waals surface area contributed by atoms with Gasteiger partial charge in [0.05, 0.1) is 0 Å². The van der Waals surface area contributed by atoms with E-state index in [1.165, 1.54) is 6.07 Å². The molecule has 0 saturated carbocycles. The van der Waals surface area contributed by atoms with E-state index in [0.717, 1.165) is 0 Å². The molecule has 0 aliphatic carbocycles. The number of carbonyl (C=O) groups is 1. The Kier molecular flexibility index (Phi) is 5.83. The Morgan fingerprint density at radius 3 is 2.32 bits per heavy atom. The molecule has 0 aliphatic heterocycles. The first-order valence-electron chi connectivity index (χ1n) is 6.64. The topological polar surface area (TPSA) is 49.8 Å². The van der Waals surface area contributed by atoms with E-state index in [9.17, 15) is 9.90 Å². The van der Waals surface area contributed by atoms with Gasteiger partial charge in [-0.2, -0.15) is 0 Å². The fourth-order valence-electron chi connectivity index (χ4n) is 2.08. The zero-order valence-electron chi connectivity index (χ0n) is 12.1. The lowest BCUT2D eigenvalue weighted by atomic mass is 10.2. The Balaban J connectivity index is 2.49. The van der Waals surface area contributed by atoms with E-state index in [1.54, 1.807) is 18.2 Å². The molecule has 0 fully saturated rings. The van der Waals surface area contributed by atoms with Gasteiger partial charge in [-0.15, -0.1) is 0 Å². The summed E-state index contributed by atoms with van der Waals surface area (Å²) in [7, 11) is 0. The molecule has 0 heterocycles. The number of para-hydroxylation sites is 1. The van der Waals surface area contributed by atoms with Crippen LogP contribution < -0.4 is 0 Å². The normalized spacial score (nSPS) is 11.3. The van der Waals surface area contributed by atoms with Crippen LogP contribution in [-0.2, 0) is 4.74 Å². The molecule has 1 aromatic rings. The van der Waals surface area contributed by atoms with Crippen molar-refractivity contribution >= 4 is 5.97 Å². The zero-order valence-corrected chi connectivity index (χ0v) is 12.1. The van der Waals surface area contributed by atoms with Crippen LogP contribution in [0.5, 0.6) is 5.75 Å². The summed E-state index contributed by atoms with van der Waals surface area (Å²) in [6, 6.07) is 7.22. The summed E-state index contributed by atoms with van der Waals surface area (Å²) in [4.78, 5) is 14.0. The Hall–Kier alpha value is -1.55. The molecule has 0 unspecified atom stereocenters. The van der Waals surface area contributed by atoms with Crippen LogP contribution in [0.2, 0.25) is 0 Å². The molecule has 4 heteroatoms. The number of phenolic OH excluding ortho intramolecular Hbond substituents is 1. The molecule has 0 radical (unpaired) electrons. The molecule has 0 aliphatic rings. The van der Waals surface area contributed by atoms with E-state index in [0.29, 0.717) is 25.2 Å². The number of ether oxygens (including phenoxy) is 1. The molecule has 0 aromatic heterocycles. The summed E-state index contributed by atoms with van der Waals surface area (Å²) in [5.74, 6) is -0.525. The van der Waals surface area contributed by atoms with E-state index in [1.807, 2.05) is 0 Å². The van der Waals surface area contributed by atoms with Gasteiger partial charge in [-0.1, -0.05) is 12.1 Å². The van der Waals surface area contributed by atoms with Crippen LogP contribution in [0.3, 0.4) is 0 Å². The average Bonchev–Trinajstić information content (AvgIpc) is 2.33.